The third-order valence-corrected chi connectivity index (χ3v) is 4.56. The quantitative estimate of drug-likeness (QED) is 0.330. The van der Waals surface area contributed by atoms with E-state index in [4.69, 9.17) is 0 Å². The first-order valence-electron chi connectivity index (χ1n) is 7.48. The summed E-state index contributed by atoms with van der Waals surface area (Å²) in [5, 5.41) is 16.1. The average Bonchev–Trinajstić information content (AvgIpc) is 3.25. The summed E-state index contributed by atoms with van der Waals surface area (Å²) in [6.07, 6.45) is 4.29. The zero-order valence-corrected chi connectivity index (χ0v) is 13.4. The van der Waals surface area contributed by atoms with Gasteiger partial charge in [0.2, 0.25) is 5.82 Å². The molecular weight excluding hydrogens is 328 g/mol. The van der Waals surface area contributed by atoms with E-state index in [-0.39, 0.29) is 5.82 Å². The highest BCUT2D eigenvalue weighted by Crippen LogP contribution is 2.27. The predicted octanol–water partition coefficient (Wildman–Crippen LogP) is 3.16. The van der Waals surface area contributed by atoms with Gasteiger partial charge in [0.25, 0.3) is 4.96 Å². The zero-order valence-electron chi connectivity index (χ0n) is 12.6. The number of thiazole rings is 1. The van der Waals surface area contributed by atoms with Gasteiger partial charge in [-0.3, -0.25) is 0 Å². The molecule has 0 spiro atoms. The number of anilines is 1. The molecule has 0 radical (unpaired) electrons. The van der Waals surface area contributed by atoms with Gasteiger partial charge in [0.15, 0.2) is 0 Å². The first-order valence-corrected chi connectivity index (χ1v) is 8.35. The molecule has 4 aromatic rings. The molecule has 0 atom stereocenters. The number of aryl methyl sites for hydroxylation is 1. The van der Waals surface area contributed by atoms with Gasteiger partial charge in [-0.25, -0.2) is 4.98 Å². The summed E-state index contributed by atoms with van der Waals surface area (Å²) in [6, 6.07) is 7.96. The highest BCUT2D eigenvalue weighted by molar-refractivity contribution is 7.15. The van der Waals surface area contributed by atoms with Crippen molar-refractivity contribution in [3.63, 3.8) is 0 Å². The lowest BCUT2D eigenvalue weighted by atomic mass is 10.3. The monoisotopic (exact) mass is 342 g/mol. The minimum atomic E-state index is -0.404. The molecule has 0 aliphatic heterocycles. The summed E-state index contributed by atoms with van der Waals surface area (Å²) in [6.45, 7) is 1.38. The summed E-state index contributed by atoms with van der Waals surface area (Å²) in [4.78, 5) is 20.1. The second-order valence-electron chi connectivity index (χ2n) is 5.30. The van der Waals surface area contributed by atoms with Crippen molar-refractivity contribution in [1.82, 2.24) is 18.9 Å². The molecule has 122 valence electrons. The van der Waals surface area contributed by atoms with Crippen LogP contribution in [0, 0.1) is 10.1 Å². The van der Waals surface area contributed by atoms with Crippen molar-refractivity contribution < 1.29 is 4.92 Å². The number of fused-ring (bicyclic) bond motifs is 2. The molecule has 9 heteroatoms. The molecule has 0 amide bonds. The maximum atomic E-state index is 11.3. The van der Waals surface area contributed by atoms with E-state index >= 15 is 0 Å². The van der Waals surface area contributed by atoms with Gasteiger partial charge in [0.1, 0.15) is 6.20 Å². The lowest BCUT2D eigenvalue weighted by Gasteiger charge is -2.05. The van der Waals surface area contributed by atoms with E-state index in [0.717, 1.165) is 24.0 Å². The molecule has 0 unspecified atom stereocenters. The maximum absolute atomic E-state index is 11.3. The van der Waals surface area contributed by atoms with E-state index in [1.165, 1.54) is 15.7 Å². The van der Waals surface area contributed by atoms with E-state index in [1.807, 2.05) is 30.6 Å². The molecule has 8 nitrogen and oxygen atoms in total. The number of nitrogens with zero attached hydrogens (tertiary/aromatic N) is 5. The van der Waals surface area contributed by atoms with Gasteiger partial charge >= 0.3 is 5.82 Å². The van der Waals surface area contributed by atoms with Crippen molar-refractivity contribution in [2.75, 3.05) is 11.9 Å². The number of nitrogens with one attached hydrogen (secondary N) is 1. The Kier molecular flexibility index (Phi) is 3.62. The second kappa shape index (κ2) is 5.93. The number of hydrogen-bond acceptors (Lipinski definition) is 6. The molecule has 0 aliphatic rings. The number of benzene rings is 1. The zero-order chi connectivity index (χ0) is 16.5. The van der Waals surface area contributed by atoms with Crippen LogP contribution in [-0.2, 0) is 6.54 Å². The first-order chi connectivity index (χ1) is 11.7. The average molecular weight is 342 g/mol. The molecule has 0 bridgehead atoms. The van der Waals surface area contributed by atoms with Gasteiger partial charge in [0.05, 0.1) is 17.4 Å². The largest absolute Gasteiger partial charge is 0.372 e. The Labute approximate surface area is 140 Å². The predicted molar refractivity (Wildman–Crippen MR) is 92.6 cm³/mol. The van der Waals surface area contributed by atoms with Crippen LogP contribution in [0.2, 0.25) is 0 Å². The minimum absolute atomic E-state index is 0.0145. The number of imidazole rings is 2. The fraction of sp³-hybridized carbons (Fsp3) is 0.200. The van der Waals surface area contributed by atoms with Crippen LogP contribution in [-0.4, -0.2) is 30.4 Å². The number of aromatic nitrogens is 4. The summed E-state index contributed by atoms with van der Waals surface area (Å²) >= 11 is 1.37. The van der Waals surface area contributed by atoms with Gasteiger partial charge in [0, 0.05) is 18.5 Å². The van der Waals surface area contributed by atoms with Crippen LogP contribution in [0.25, 0.3) is 16.0 Å². The van der Waals surface area contributed by atoms with Crippen LogP contribution < -0.4 is 5.32 Å². The highest BCUT2D eigenvalue weighted by Gasteiger charge is 2.22. The lowest BCUT2D eigenvalue weighted by molar-refractivity contribution is -0.389. The fourth-order valence-corrected chi connectivity index (χ4v) is 3.42. The van der Waals surface area contributed by atoms with Crippen LogP contribution in [0.4, 0.5) is 11.6 Å². The third kappa shape index (κ3) is 2.48. The van der Waals surface area contributed by atoms with Crippen LogP contribution >= 0.6 is 11.3 Å². The molecule has 0 aliphatic carbocycles. The Balaban J connectivity index is 1.43. The molecule has 1 aromatic carbocycles. The number of para-hydroxylation sites is 2. The van der Waals surface area contributed by atoms with E-state index in [0.29, 0.717) is 17.3 Å². The molecule has 1 N–H and O–H groups in total. The molecular formula is C15H14N6O2S. The van der Waals surface area contributed by atoms with Gasteiger partial charge in [-0.2, -0.15) is 9.38 Å². The molecule has 24 heavy (non-hydrogen) atoms. The normalized spacial score (nSPS) is 11.3. The van der Waals surface area contributed by atoms with Gasteiger partial charge in [-0.05, 0) is 23.5 Å². The SMILES string of the molecule is O=[N+]([O-])c1c(NCCCn2cnc3ccccc32)nc2sccn12. The topological polar surface area (TPSA) is 90.3 Å². The minimum Gasteiger partial charge on any atom is -0.363 e. The highest BCUT2D eigenvalue weighted by atomic mass is 32.1. The summed E-state index contributed by atoms with van der Waals surface area (Å²) in [7, 11) is 0. The summed E-state index contributed by atoms with van der Waals surface area (Å²) in [5.74, 6) is 0.307. The van der Waals surface area contributed by atoms with Crippen molar-refractivity contribution in [1.29, 1.82) is 0 Å². The van der Waals surface area contributed by atoms with Crippen LogP contribution in [0.5, 0.6) is 0 Å². The van der Waals surface area contributed by atoms with Crippen molar-refractivity contribution in [3.8, 4) is 0 Å². The number of hydrogen-bond donors (Lipinski definition) is 1. The smallest absolute Gasteiger partial charge is 0.363 e. The van der Waals surface area contributed by atoms with Gasteiger partial charge in [-0.15, -0.1) is 0 Å². The van der Waals surface area contributed by atoms with Gasteiger partial charge in [-0.1, -0.05) is 23.5 Å². The summed E-state index contributed by atoms with van der Waals surface area (Å²) < 4.78 is 3.58. The Morgan fingerprint density at radius 1 is 1.33 bits per heavy atom. The van der Waals surface area contributed by atoms with Crippen molar-refractivity contribution in [2.24, 2.45) is 0 Å². The molecule has 0 saturated heterocycles. The first kappa shape index (κ1) is 14.6. The van der Waals surface area contributed by atoms with Crippen molar-refractivity contribution >= 4 is 39.0 Å². The molecule has 3 heterocycles. The molecule has 0 fully saturated rings. The van der Waals surface area contributed by atoms with Crippen molar-refractivity contribution in [3.05, 3.63) is 52.3 Å². The third-order valence-electron chi connectivity index (χ3n) is 3.81. The molecule has 0 saturated carbocycles. The van der Waals surface area contributed by atoms with E-state index in [9.17, 15) is 10.1 Å². The molecule has 3 aromatic heterocycles. The van der Waals surface area contributed by atoms with Crippen LogP contribution in [0.15, 0.2) is 42.2 Å². The Morgan fingerprint density at radius 2 is 2.21 bits per heavy atom. The summed E-state index contributed by atoms with van der Waals surface area (Å²) in [5.41, 5.74) is 2.06. The second-order valence-corrected chi connectivity index (χ2v) is 6.18. The Bertz CT molecular complexity index is 1020. The Morgan fingerprint density at radius 3 is 3.08 bits per heavy atom. The lowest BCUT2D eigenvalue weighted by Crippen LogP contribution is -2.08. The maximum Gasteiger partial charge on any atom is 0.372 e. The fourth-order valence-electron chi connectivity index (χ4n) is 2.71. The number of nitro groups is 1. The van der Waals surface area contributed by atoms with Crippen molar-refractivity contribution in [2.45, 2.75) is 13.0 Å². The Hall–Kier alpha value is -2.94. The van der Waals surface area contributed by atoms with E-state index in [2.05, 4.69) is 19.9 Å². The van der Waals surface area contributed by atoms with E-state index < -0.39 is 4.92 Å². The van der Waals surface area contributed by atoms with Gasteiger partial charge < -0.3 is 20.0 Å². The van der Waals surface area contributed by atoms with E-state index in [1.54, 1.807) is 11.6 Å². The van der Waals surface area contributed by atoms with Crippen LogP contribution in [0.1, 0.15) is 6.42 Å². The standard InChI is InChI=1S/C15H14N6O2S/c22-21(23)14-13(18-15-20(14)8-9-24-15)16-6-3-7-19-10-17-11-4-1-2-5-12(11)19/h1-2,4-5,8-10,16H,3,6-7H2. The number of rotatable bonds is 6. The molecule has 4 rings (SSSR count). The van der Waals surface area contributed by atoms with Crippen LogP contribution in [0.3, 0.4) is 0 Å².